The van der Waals surface area contributed by atoms with Crippen LogP contribution < -0.4 is 5.32 Å². The molecule has 0 radical (unpaired) electrons. The van der Waals surface area contributed by atoms with Crippen LogP contribution in [0, 0.1) is 0 Å². The Balaban J connectivity index is 2.44. The highest BCUT2D eigenvalue weighted by Gasteiger charge is 2.29. The molecule has 2 rings (SSSR count). The zero-order chi connectivity index (χ0) is 13.2. The highest BCUT2D eigenvalue weighted by atomic mass is 35.5. The van der Waals surface area contributed by atoms with Crippen molar-refractivity contribution in [2.45, 2.75) is 5.54 Å². The lowest BCUT2D eigenvalue weighted by Gasteiger charge is -2.29. The highest BCUT2D eigenvalue weighted by Crippen LogP contribution is 2.23. The molecule has 8 nitrogen and oxygen atoms in total. The number of aromatic amines is 1. The van der Waals surface area contributed by atoms with Crippen molar-refractivity contribution in [3.63, 3.8) is 0 Å². The second-order valence-electron chi connectivity index (χ2n) is 3.85. The van der Waals surface area contributed by atoms with Crippen LogP contribution >= 0.6 is 11.6 Å². The second kappa shape index (κ2) is 5.02. The van der Waals surface area contributed by atoms with E-state index in [0.717, 1.165) is 0 Å². The van der Waals surface area contributed by atoms with Crippen LogP contribution in [0.25, 0.3) is 11.0 Å². The molecule has 98 valence electrons. The minimum atomic E-state index is -1.29. The predicted molar refractivity (Wildman–Crippen MR) is 64.3 cm³/mol. The number of hydrogen-bond donors (Lipinski definition) is 5. The van der Waals surface area contributed by atoms with E-state index in [-0.39, 0.29) is 11.1 Å². The van der Waals surface area contributed by atoms with E-state index in [1.54, 1.807) is 0 Å². The van der Waals surface area contributed by atoms with E-state index in [1.165, 1.54) is 6.20 Å². The van der Waals surface area contributed by atoms with Gasteiger partial charge in [0.2, 0.25) is 5.28 Å². The van der Waals surface area contributed by atoms with Gasteiger partial charge in [-0.3, -0.25) is 5.10 Å². The van der Waals surface area contributed by atoms with Crippen molar-refractivity contribution in [1.29, 1.82) is 0 Å². The number of rotatable bonds is 5. The lowest BCUT2D eigenvalue weighted by molar-refractivity contribution is 0.0832. The zero-order valence-corrected chi connectivity index (χ0v) is 10.0. The summed E-state index contributed by atoms with van der Waals surface area (Å²) in [7, 11) is 0. The third kappa shape index (κ3) is 2.23. The third-order valence-electron chi connectivity index (χ3n) is 2.57. The Hall–Kier alpha value is -1.48. The number of nitrogens with zero attached hydrogens (tertiary/aromatic N) is 3. The first-order valence-corrected chi connectivity index (χ1v) is 5.49. The monoisotopic (exact) mass is 273 g/mol. The molecule has 9 heteroatoms. The van der Waals surface area contributed by atoms with Gasteiger partial charge in [0, 0.05) is 0 Å². The number of halogens is 1. The average Bonchev–Trinajstić information content (AvgIpc) is 2.84. The fourth-order valence-electron chi connectivity index (χ4n) is 1.42. The van der Waals surface area contributed by atoms with Crippen molar-refractivity contribution >= 4 is 28.5 Å². The normalized spacial score (nSPS) is 12.0. The fraction of sp³-hybridized carbons (Fsp3) is 0.444. The van der Waals surface area contributed by atoms with Crippen LogP contribution in [0.1, 0.15) is 0 Å². The molecule has 18 heavy (non-hydrogen) atoms. The second-order valence-corrected chi connectivity index (χ2v) is 4.19. The largest absolute Gasteiger partial charge is 0.394 e. The maximum Gasteiger partial charge on any atom is 0.226 e. The molecule has 5 N–H and O–H groups in total. The Bertz CT molecular complexity index is 534. The van der Waals surface area contributed by atoms with Gasteiger partial charge in [-0.2, -0.15) is 15.1 Å². The number of fused-ring (bicyclic) bond motifs is 1. The molecule has 0 amide bonds. The van der Waals surface area contributed by atoms with Crippen LogP contribution in [0.15, 0.2) is 6.20 Å². The smallest absolute Gasteiger partial charge is 0.226 e. The molecule has 0 aliphatic rings. The molecular formula is C9H12ClN5O3. The molecule has 2 heterocycles. The summed E-state index contributed by atoms with van der Waals surface area (Å²) in [6, 6.07) is 0. The quantitative estimate of drug-likeness (QED) is 0.448. The maximum atomic E-state index is 9.25. The summed E-state index contributed by atoms with van der Waals surface area (Å²) in [5.41, 5.74) is -0.873. The SMILES string of the molecule is OCC(CO)(CO)Nc1nc(Cl)nc2[nH]ncc12. The van der Waals surface area contributed by atoms with Crippen molar-refractivity contribution in [3.05, 3.63) is 11.5 Å². The van der Waals surface area contributed by atoms with Crippen LogP contribution in [0.2, 0.25) is 5.28 Å². The summed E-state index contributed by atoms with van der Waals surface area (Å²) in [6.45, 7) is -1.41. The number of H-pyrrole nitrogens is 1. The molecule has 0 bridgehead atoms. The Morgan fingerprint density at radius 2 is 1.89 bits per heavy atom. The standard InChI is InChI=1S/C9H12ClN5O3/c10-8-12-6(5-1-11-15-7(5)13-8)14-9(2-16,3-17)4-18/h1,16-18H,2-4H2,(H2,11,12,13,14,15). The Morgan fingerprint density at radius 1 is 1.22 bits per heavy atom. The zero-order valence-electron chi connectivity index (χ0n) is 9.26. The van der Waals surface area contributed by atoms with Gasteiger partial charge in [-0.15, -0.1) is 0 Å². The first kappa shape index (κ1) is 13.0. The van der Waals surface area contributed by atoms with Gasteiger partial charge >= 0.3 is 0 Å². The van der Waals surface area contributed by atoms with Gasteiger partial charge in [-0.05, 0) is 11.6 Å². The first-order chi connectivity index (χ1) is 8.64. The van der Waals surface area contributed by atoms with Crippen LogP contribution in [0.4, 0.5) is 5.82 Å². The van der Waals surface area contributed by atoms with Crippen LogP contribution in [0.3, 0.4) is 0 Å². The molecule has 0 unspecified atom stereocenters. The molecule has 0 saturated heterocycles. The fourth-order valence-corrected chi connectivity index (χ4v) is 1.59. The Kier molecular flexibility index (Phi) is 3.62. The summed E-state index contributed by atoms with van der Waals surface area (Å²) in [5, 5.41) is 37.5. The van der Waals surface area contributed by atoms with E-state index in [2.05, 4.69) is 25.5 Å². The number of anilines is 1. The van der Waals surface area contributed by atoms with Crippen LogP contribution in [0.5, 0.6) is 0 Å². The number of aliphatic hydroxyl groups excluding tert-OH is 3. The van der Waals surface area contributed by atoms with E-state index in [0.29, 0.717) is 11.0 Å². The van der Waals surface area contributed by atoms with Gasteiger partial charge in [0.15, 0.2) is 5.65 Å². The van der Waals surface area contributed by atoms with Gasteiger partial charge in [0.25, 0.3) is 0 Å². The lowest BCUT2D eigenvalue weighted by atomic mass is 10.0. The van der Waals surface area contributed by atoms with Gasteiger partial charge < -0.3 is 20.6 Å². The predicted octanol–water partition coefficient (Wildman–Crippen LogP) is -0.866. The summed E-state index contributed by atoms with van der Waals surface area (Å²) in [5.74, 6) is 0.274. The summed E-state index contributed by atoms with van der Waals surface area (Å²) >= 11 is 5.74. The molecule has 0 fully saturated rings. The summed E-state index contributed by atoms with van der Waals surface area (Å²) in [4.78, 5) is 7.86. The van der Waals surface area contributed by atoms with Crippen molar-refractivity contribution < 1.29 is 15.3 Å². The average molecular weight is 274 g/mol. The Labute approximate surface area is 107 Å². The van der Waals surface area contributed by atoms with Gasteiger partial charge in [-0.25, -0.2) is 0 Å². The molecule has 0 aromatic carbocycles. The Morgan fingerprint density at radius 3 is 2.50 bits per heavy atom. The number of aromatic nitrogens is 4. The van der Waals surface area contributed by atoms with E-state index < -0.39 is 25.4 Å². The maximum absolute atomic E-state index is 9.25. The van der Waals surface area contributed by atoms with Crippen molar-refractivity contribution in [1.82, 2.24) is 20.2 Å². The number of hydrogen-bond acceptors (Lipinski definition) is 7. The van der Waals surface area contributed by atoms with Crippen LogP contribution in [-0.4, -0.2) is 60.8 Å². The first-order valence-electron chi connectivity index (χ1n) is 5.11. The number of nitrogens with one attached hydrogen (secondary N) is 2. The summed E-state index contributed by atoms with van der Waals surface area (Å²) < 4.78 is 0. The third-order valence-corrected chi connectivity index (χ3v) is 2.74. The van der Waals surface area contributed by atoms with Crippen molar-refractivity contribution in [3.8, 4) is 0 Å². The molecule has 2 aromatic rings. The number of aliphatic hydroxyl groups is 3. The lowest BCUT2D eigenvalue weighted by Crippen LogP contribution is -2.49. The summed E-state index contributed by atoms with van der Waals surface area (Å²) in [6.07, 6.45) is 1.48. The molecule has 2 aromatic heterocycles. The van der Waals surface area contributed by atoms with E-state index in [4.69, 9.17) is 11.6 Å². The van der Waals surface area contributed by atoms with Gasteiger partial charge in [0.05, 0.1) is 31.4 Å². The molecule has 0 saturated carbocycles. The minimum Gasteiger partial charge on any atom is -0.394 e. The van der Waals surface area contributed by atoms with E-state index >= 15 is 0 Å². The highest BCUT2D eigenvalue weighted by molar-refractivity contribution is 6.28. The molecule has 0 spiro atoms. The van der Waals surface area contributed by atoms with Crippen LogP contribution in [-0.2, 0) is 0 Å². The molecule has 0 atom stereocenters. The van der Waals surface area contributed by atoms with Crippen molar-refractivity contribution in [2.24, 2.45) is 0 Å². The van der Waals surface area contributed by atoms with Crippen molar-refractivity contribution in [2.75, 3.05) is 25.1 Å². The molecule has 0 aliphatic carbocycles. The van der Waals surface area contributed by atoms with Gasteiger partial charge in [-0.1, -0.05) is 0 Å². The molecule has 0 aliphatic heterocycles. The topological polar surface area (TPSA) is 127 Å². The molecular weight excluding hydrogens is 262 g/mol. The van der Waals surface area contributed by atoms with E-state index in [1.807, 2.05) is 0 Å². The minimum absolute atomic E-state index is 0.0167. The van der Waals surface area contributed by atoms with E-state index in [9.17, 15) is 15.3 Å². The van der Waals surface area contributed by atoms with Gasteiger partial charge in [0.1, 0.15) is 11.4 Å².